The highest BCUT2D eigenvalue weighted by molar-refractivity contribution is 5.51. The SMILES string of the molecule is CCN1CCCC1c1cnn2cc(N)cnc12. The fourth-order valence-corrected chi connectivity index (χ4v) is 2.70. The third-order valence-electron chi connectivity index (χ3n) is 3.53. The van der Waals surface area contributed by atoms with Crippen molar-refractivity contribution in [3.05, 3.63) is 24.2 Å². The molecule has 1 saturated heterocycles. The van der Waals surface area contributed by atoms with Crippen molar-refractivity contribution in [1.82, 2.24) is 19.5 Å². The van der Waals surface area contributed by atoms with E-state index in [-0.39, 0.29) is 0 Å². The van der Waals surface area contributed by atoms with Gasteiger partial charge in [-0.1, -0.05) is 6.92 Å². The second-order valence-corrected chi connectivity index (χ2v) is 4.54. The molecule has 5 nitrogen and oxygen atoms in total. The van der Waals surface area contributed by atoms with Crippen LogP contribution in [0.1, 0.15) is 31.4 Å². The first-order valence-corrected chi connectivity index (χ1v) is 6.12. The highest BCUT2D eigenvalue weighted by atomic mass is 15.3. The number of nitrogens with two attached hydrogens (primary N) is 1. The number of nitrogen functional groups attached to an aromatic ring is 1. The first kappa shape index (κ1) is 10.5. The molecule has 90 valence electrons. The zero-order chi connectivity index (χ0) is 11.8. The maximum atomic E-state index is 5.71. The Morgan fingerprint density at radius 3 is 3.18 bits per heavy atom. The summed E-state index contributed by atoms with van der Waals surface area (Å²) in [6.07, 6.45) is 7.90. The minimum atomic E-state index is 0.466. The van der Waals surface area contributed by atoms with Gasteiger partial charge in [-0.15, -0.1) is 0 Å². The van der Waals surface area contributed by atoms with E-state index in [1.54, 1.807) is 10.7 Å². The van der Waals surface area contributed by atoms with Crippen molar-refractivity contribution >= 4 is 11.3 Å². The van der Waals surface area contributed by atoms with E-state index in [4.69, 9.17) is 5.73 Å². The van der Waals surface area contributed by atoms with Crippen LogP contribution in [0.15, 0.2) is 18.6 Å². The maximum absolute atomic E-state index is 5.71. The van der Waals surface area contributed by atoms with Gasteiger partial charge in [-0.3, -0.25) is 4.90 Å². The van der Waals surface area contributed by atoms with Crippen LogP contribution < -0.4 is 5.73 Å². The number of anilines is 1. The van der Waals surface area contributed by atoms with Gasteiger partial charge in [0.25, 0.3) is 0 Å². The average Bonchev–Trinajstić information content (AvgIpc) is 2.92. The number of likely N-dealkylation sites (tertiary alicyclic amines) is 1. The zero-order valence-corrected chi connectivity index (χ0v) is 10.0. The topological polar surface area (TPSA) is 59.5 Å². The van der Waals surface area contributed by atoms with E-state index < -0.39 is 0 Å². The molecule has 0 radical (unpaired) electrons. The first-order valence-electron chi connectivity index (χ1n) is 6.12. The lowest BCUT2D eigenvalue weighted by molar-refractivity contribution is 0.272. The van der Waals surface area contributed by atoms with Crippen molar-refractivity contribution in [2.45, 2.75) is 25.8 Å². The molecule has 3 heterocycles. The summed E-state index contributed by atoms with van der Waals surface area (Å²) in [6, 6.07) is 0.466. The van der Waals surface area contributed by atoms with Crippen molar-refractivity contribution in [3.8, 4) is 0 Å². The van der Waals surface area contributed by atoms with Crippen molar-refractivity contribution in [3.63, 3.8) is 0 Å². The second kappa shape index (κ2) is 4.00. The monoisotopic (exact) mass is 231 g/mol. The Bertz CT molecular complexity index is 533. The molecular weight excluding hydrogens is 214 g/mol. The van der Waals surface area contributed by atoms with Gasteiger partial charge in [0.1, 0.15) is 0 Å². The quantitative estimate of drug-likeness (QED) is 0.850. The van der Waals surface area contributed by atoms with Crippen molar-refractivity contribution < 1.29 is 0 Å². The van der Waals surface area contributed by atoms with Crippen LogP contribution in [-0.4, -0.2) is 32.6 Å². The van der Waals surface area contributed by atoms with Crippen LogP contribution in [0.25, 0.3) is 5.65 Å². The molecular formula is C12H17N5. The molecule has 1 atom stereocenters. The number of nitrogens with zero attached hydrogens (tertiary/aromatic N) is 4. The highest BCUT2D eigenvalue weighted by Crippen LogP contribution is 2.33. The van der Waals surface area contributed by atoms with Gasteiger partial charge in [0.2, 0.25) is 0 Å². The van der Waals surface area contributed by atoms with E-state index in [2.05, 4.69) is 21.9 Å². The molecule has 1 aliphatic heterocycles. The standard InChI is InChI=1S/C12H17N5/c1-2-16-5-3-4-11(16)10-7-15-17-8-9(13)6-14-12(10)17/h6-8,11H,2-5,13H2,1H3. The van der Waals surface area contributed by atoms with Gasteiger partial charge in [-0.05, 0) is 25.9 Å². The molecule has 0 spiro atoms. The zero-order valence-electron chi connectivity index (χ0n) is 10.0. The third-order valence-corrected chi connectivity index (χ3v) is 3.53. The summed E-state index contributed by atoms with van der Waals surface area (Å²) >= 11 is 0. The fraction of sp³-hybridized carbons (Fsp3) is 0.500. The molecule has 0 amide bonds. The normalized spacial score (nSPS) is 21.4. The average molecular weight is 231 g/mol. The Hall–Kier alpha value is -1.62. The molecule has 0 aliphatic carbocycles. The molecule has 17 heavy (non-hydrogen) atoms. The van der Waals surface area contributed by atoms with E-state index in [1.165, 1.54) is 24.9 Å². The summed E-state index contributed by atoms with van der Waals surface area (Å²) in [4.78, 5) is 6.88. The van der Waals surface area contributed by atoms with Gasteiger partial charge in [0, 0.05) is 11.6 Å². The molecule has 2 N–H and O–H groups in total. The Balaban J connectivity index is 2.05. The van der Waals surface area contributed by atoms with Gasteiger partial charge < -0.3 is 5.73 Å². The Morgan fingerprint density at radius 1 is 1.47 bits per heavy atom. The summed E-state index contributed by atoms with van der Waals surface area (Å²) in [7, 11) is 0. The minimum Gasteiger partial charge on any atom is -0.396 e. The van der Waals surface area contributed by atoms with Crippen LogP contribution in [-0.2, 0) is 0 Å². The predicted octanol–water partition coefficient (Wildman–Crippen LogP) is 1.47. The Kier molecular flexibility index (Phi) is 2.48. The van der Waals surface area contributed by atoms with Crippen LogP contribution in [0.3, 0.4) is 0 Å². The number of fused-ring (bicyclic) bond motifs is 1. The second-order valence-electron chi connectivity index (χ2n) is 4.54. The van der Waals surface area contributed by atoms with Crippen molar-refractivity contribution in [1.29, 1.82) is 0 Å². The predicted molar refractivity (Wildman–Crippen MR) is 66.6 cm³/mol. The van der Waals surface area contributed by atoms with Crippen molar-refractivity contribution in [2.24, 2.45) is 0 Å². The number of rotatable bonds is 2. The smallest absolute Gasteiger partial charge is 0.159 e. The molecule has 0 bridgehead atoms. The lowest BCUT2D eigenvalue weighted by Crippen LogP contribution is -2.22. The van der Waals surface area contributed by atoms with Gasteiger partial charge >= 0.3 is 0 Å². The molecule has 3 rings (SSSR count). The summed E-state index contributed by atoms with van der Waals surface area (Å²) < 4.78 is 1.77. The largest absolute Gasteiger partial charge is 0.396 e. The van der Waals surface area contributed by atoms with Crippen LogP contribution >= 0.6 is 0 Å². The molecule has 0 aromatic carbocycles. The van der Waals surface area contributed by atoms with Crippen LogP contribution in [0.5, 0.6) is 0 Å². The number of hydrogen-bond donors (Lipinski definition) is 1. The molecule has 0 saturated carbocycles. The lowest BCUT2D eigenvalue weighted by atomic mass is 10.1. The molecule has 1 fully saturated rings. The van der Waals surface area contributed by atoms with Crippen LogP contribution in [0.2, 0.25) is 0 Å². The van der Waals surface area contributed by atoms with E-state index in [1.807, 2.05) is 12.4 Å². The number of aromatic nitrogens is 3. The maximum Gasteiger partial charge on any atom is 0.159 e. The van der Waals surface area contributed by atoms with E-state index in [0.717, 1.165) is 12.2 Å². The Labute approximate surface area is 100 Å². The van der Waals surface area contributed by atoms with E-state index >= 15 is 0 Å². The molecule has 1 unspecified atom stereocenters. The summed E-state index contributed by atoms with van der Waals surface area (Å²) in [5, 5.41) is 4.34. The van der Waals surface area contributed by atoms with Gasteiger partial charge in [0.15, 0.2) is 5.65 Å². The summed E-state index contributed by atoms with van der Waals surface area (Å²) in [5.74, 6) is 0. The first-order chi connectivity index (χ1) is 8.29. The highest BCUT2D eigenvalue weighted by Gasteiger charge is 2.27. The van der Waals surface area contributed by atoms with Gasteiger partial charge in [-0.25, -0.2) is 9.50 Å². The summed E-state index contributed by atoms with van der Waals surface area (Å²) in [6.45, 7) is 4.46. The molecule has 2 aromatic rings. The minimum absolute atomic E-state index is 0.466. The lowest BCUT2D eigenvalue weighted by Gasteiger charge is -2.21. The molecule has 5 heteroatoms. The van der Waals surface area contributed by atoms with Gasteiger partial charge in [0.05, 0.1) is 24.3 Å². The molecule has 2 aromatic heterocycles. The van der Waals surface area contributed by atoms with E-state index in [0.29, 0.717) is 11.7 Å². The Morgan fingerprint density at radius 2 is 2.35 bits per heavy atom. The summed E-state index contributed by atoms with van der Waals surface area (Å²) in [5.41, 5.74) is 8.51. The van der Waals surface area contributed by atoms with Crippen LogP contribution in [0, 0.1) is 0 Å². The fourth-order valence-electron chi connectivity index (χ4n) is 2.70. The third kappa shape index (κ3) is 1.67. The van der Waals surface area contributed by atoms with Crippen LogP contribution in [0.4, 0.5) is 5.69 Å². The number of hydrogen-bond acceptors (Lipinski definition) is 4. The van der Waals surface area contributed by atoms with Gasteiger partial charge in [-0.2, -0.15) is 5.10 Å². The van der Waals surface area contributed by atoms with Crippen molar-refractivity contribution in [2.75, 3.05) is 18.8 Å². The molecule has 1 aliphatic rings. The van der Waals surface area contributed by atoms with E-state index in [9.17, 15) is 0 Å².